The molecule has 1 aliphatic carbocycles. The third-order valence-corrected chi connectivity index (χ3v) is 4.26. The SMILES string of the molecule is COCCN(CC1CC=CCC1)C(=O)[C@H]1CCCC(=O)N1. The summed E-state index contributed by atoms with van der Waals surface area (Å²) in [5.41, 5.74) is 0. The van der Waals surface area contributed by atoms with E-state index in [4.69, 9.17) is 4.74 Å². The molecule has 2 aliphatic rings. The number of hydrogen-bond acceptors (Lipinski definition) is 3. The molecule has 5 nitrogen and oxygen atoms in total. The van der Waals surface area contributed by atoms with E-state index >= 15 is 0 Å². The highest BCUT2D eigenvalue weighted by Gasteiger charge is 2.29. The van der Waals surface area contributed by atoms with Crippen molar-refractivity contribution in [2.45, 2.75) is 44.6 Å². The summed E-state index contributed by atoms with van der Waals surface area (Å²) in [5, 5.41) is 2.83. The first kappa shape index (κ1) is 16.0. The maximum atomic E-state index is 12.7. The number of ether oxygens (including phenoxy) is 1. The number of nitrogens with one attached hydrogen (secondary N) is 1. The molecule has 118 valence electrons. The van der Waals surface area contributed by atoms with Crippen LogP contribution < -0.4 is 5.32 Å². The zero-order chi connectivity index (χ0) is 15.1. The first-order valence-electron chi connectivity index (χ1n) is 7.92. The Kier molecular flexibility index (Phi) is 6.23. The molecule has 1 aliphatic heterocycles. The number of hydrogen-bond donors (Lipinski definition) is 1. The first-order chi connectivity index (χ1) is 10.2. The summed E-state index contributed by atoms with van der Waals surface area (Å²) in [5.74, 6) is 0.566. The summed E-state index contributed by atoms with van der Waals surface area (Å²) < 4.78 is 5.12. The quantitative estimate of drug-likeness (QED) is 0.755. The maximum absolute atomic E-state index is 12.7. The van der Waals surface area contributed by atoms with Crippen LogP contribution in [0.5, 0.6) is 0 Å². The lowest BCUT2D eigenvalue weighted by atomic mass is 9.93. The summed E-state index contributed by atoms with van der Waals surface area (Å²) in [7, 11) is 1.65. The number of carbonyl (C=O) groups is 2. The Morgan fingerprint density at radius 1 is 1.43 bits per heavy atom. The third-order valence-electron chi connectivity index (χ3n) is 4.26. The fourth-order valence-electron chi connectivity index (χ4n) is 3.04. The summed E-state index contributed by atoms with van der Waals surface area (Å²) >= 11 is 0. The molecule has 2 rings (SSSR count). The van der Waals surface area contributed by atoms with Gasteiger partial charge in [-0.05, 0) is 38.0 Å². The molecule has 2 atom stereocenters. The zero-order valence-electron chi connectivity index (χ0n) is 12.8. The van der Waals surface area contributed by atoms with Gasteiger partial charge in [0.2, 0.25) is 11.8 Å². The predicted molar refractivity (Wildman–Crippen MR) is 80.7 cm³/mol. The van der Waals surface area contributed by atoms with Gasteiger partial charge in [-0.1, -0.05) is 12.2 Å². The molecule has 0 aromatic carbocycles. The number of carbonyl (C=O) groups excluding carboxylic acids is 2. The van der Waals surface area contributed by atoms with Gasteiger partial charge in [-0.2, -0.15) is 0 Å². The van der Waals surface area contributed by atoms with Crippen LogP contribution in [0.15, 0.2) is 12.2 Å². The van der Waals surface area contributed by atoms with Gasteiger partial charge in [0.1, 0.15) is 6.04 Å². The fourth-order valence-corrected chi connectivity index (χ4v) is 3.04. The minimum atomic E-state index is -0.345. The molecule has 1 fully saturated rings. The van der Waals surface area contributed by atoms with Crippen molar-refractivity contribution in [3.63, 3.8) is 0 Å². The Bertz CT molecular complexity index is 395. The van der Waals surface area contributed by atoms with Crippen LogP contribution in [0, 0.1) is 5.92 Å². The van der Waals surface area contributed by atoms with E-state index in [1.165, 1.54) is 0 Å². The van der Waals surface area contributed by atoms with E-state index in [9.17, 15) is 9.59 Å². The van der Waals surface area contributed by atoms with Gasteiger partial charge >= 0.3 is 0 Å². The second kappa shape index (κ2) is 8.17. The van der Waals surface area contributed by atoms with Gasteiger partial charge in [0.25, 0.3) is 0 Å². The largest absolute Gasteiger partial charge is 0.383 e. The molecule has 0 aromatic rings. The third kappa shape index (κ3) is 4.84. The molecule has 0 aromatic heterocycles. The molecule has 1 heterocycles. The Morgan fingerprint density at radius 3 is 2.95 bits per heavy atom. The molecule has 5 heteroatoms. The molecule has 1 saturated heterocycles. The topological polar surface area (TPSA) is 58.6 Å². The van der Waals surface area contributed by atoms with Crippen molar-refractivity contribution in [1.82, 2.24) is 10.2 Å². The first-order valence-corrected chi connectivity index (χ1v) is 7.92. The standard InChI is InChI=1S/C16H26N2O3/c1-21-11-10-18(12-13-6-3-2-4-7-13)16(20)14-8-5-9-15(19)17-14/h2-3,13-14H,4-12H2,1H3,(H,17,19)/t13?,14-/m1/s1. The van der Waals surface area contributed by atoms with E-state index in [1.807, 2.05) is 4.90 Å². The van der Waals surface area contributed by atoms with Gasteiger partial charge in [-0.25, -0.2) is 0 Å². The molecule has 2 amide bonds. The number of amides is 2. The Morgan fingerprint density at radius 2 is 2.29 bits per heavy atom. The summed E-state index contributed by atoms with van der Waals surface area (Å²) in [4.78, 5) is 26.0. The zero-order valence-corrected chi connectivity index (χ0v) is 12.8. The molecule has 0 bridgehead atoms. The lowest BCUT2D eigenvalue weighted by molar-refractivity contribution is -0.139. The molecule has 1 N–H and O–H groups in total. The van der Waals surface area contributed by atoms with Gasteiger partial charge < -0.3 is 15.0 Å². The highest BCUT2D eigenvalue weighted by atomic mass is 16.5. The van der Waals surface area contributed by atoms with Crippen LogP contribution in [0.4, 0.5) is 0 Å². The van der Waals surface area contributed by atoms with Crippen molar-refractivity contribution in [2.24, 2.45) is 5.92 Å². The molecule has 1 unspecified atom stereocenters. The molecular weight excluding hydrogens is 268 g/mol. The summed E-state index contributed by atoms with van der Waals surface area (Å²) in [6.07, 6.45) is 9.75. The highest BCUT2D eigenvalue weighted by Crippen LogP contribution is 2.20. The average molecular weight is 294 g/mol. The van der Waals surface area contributed by atoms with Crippen LogP contribution in [0.25, 0.3) is 0 Å². The molecule has 0 radical (unpaired) electrons. The van der Waals surface area contributed by atoms with E-state index in [0.717, 1.165) is 38.6 Å². The van der Waals surface area contributed by atoms with Crippen molar-refractivity contribution in [1.29, 1.82) is 0 Å². The number of allylic oxidation sites excluding steroid dienone is 2. The van der Waals surface area contributed by atoms with E-state index in [-0.39, 0.29) is 17.9 Å². The molecule has 21 heavy (non-hydrogen) atoms. The molecular formula is C16H26N2O3. The van der Waals surface area contributed by atoms with E-state index in [1.54, 1.807) is 7.11 Å². The van der Waals surface area contributed by atoms with Gasteiger partial charge in [-0.3, -0.25) is 9.59 Å². The van der Waals surface area contributed by atoms with Crippen LogP contribution in [0.1, 0.15) is 38.5 Å². The second-order valence-electron chi connectivity index (χ2n) is 5.94. The smallest absolute Gasteiger partial charge is 0.245 e. The minimum Gasteiger partial charge on any atom is -0.383 e. The lowest BCUT2D eigenvalue weighted by Gasteiger charge is -2.32. The summed E-state index contributed by atoms with van der Waals surface area (Å²) in [6, 6.07) is -0.345. The average Bonchev–Trinajstić information content (AvgIpc) is 2.51. The number of methoxy groups -OCH3 is 1. The molecule has 0 spiro atoms. The van der Waals surface area contributed by atoms with Crippen molar-refractivity contribution in [3.05, 3.63) is 12.2 Å². The van der Waals surface area contributed by atoms with Gasteiger partial charge in [0, 0.05) is 26.6 Å². The van der Waals surface area contributed by atoms with Crippen LogP contribution in [-0.2, 0) is 14.3 Å². The van der Waals surface area contributed by atoms with Gasteiger partial charge in [0.15, 0.2) is 0 Å². The van der Waals surface area contributed by atoms with Crippen LogP contribution in [-0.4, -0.2) is 49.6 Å². The number of rotatable bonds is 6. The van der Waals surface area contributed by atoms with E-state index in [0.29, 0.717) is 25.5 Å². The van der Waals surface area contributed by atoms with Crippen LogP contribution >= 0.6 is 0 Å². The monoisotopic (exact) mass is 294 g/mol. The van der Waals surface area contributed by atoms with Crippen molar-refractivity contribution in [3.8, 4) is 0 Å². The van der Waals surface area contributed by atoms with Gasteiger partial charge in [0.05, 0.1) is 6.61 Å². The Balaban J connectivity index is 1.94. The predicted octanol–water partition coefficient (Wildman–Crippen LogP) is 1.49. The second-order valence-corrected chi connectivity index (χ2v) is 5.94. The minimum absolute atomic E-state index is 0.00751. The van der Waals surface area contributed by atoms with Crippen LogP contribution in [0.2, 0.25) is 0 Å². The maximum Gasteiger partial charge on any atom is 0.245 e. The fraction of sp³-hybridized carbons (Fsp3) is 0.750. The molecule has 0 saturated carbocycles. The van der Waals surface area contributed by atoms with Gasteiger partial charge in [-0.15, -0.1) is 0 Å². The Hall–Kier alpha value is -1.36. The normalized spacial score (nSPS) is 25.5. The van der Waals surface area contributed by atoms with Crippen molar-refractivity contribution >= 4 is 11.8 Å². The lowest BCUT2D eigenvalue weighted by Crippen LogP contribution is -2.52. The number of piperidine rings is 1. The van der Waals surface area contributed by atoms with E-state index in [2.05, 4.69) is 17.5 Å². The Labute approximate surface area is 126 Å². The van der Waals surface area contributed by atoms with Crippen molar-refractivity contribution in [2.75, 3.05) is 26.8 Å². The highest BCUT2D eigenvalue weighted by molar-refractivity contribution is 5.88. The summed E-state index contributed by atoms with van der Waals surface area (Å²) in [6.45, 7) is 1.90. The van der Waals surface area contributed by atoms with E-state index < -0.39 is 0 Å². The van der Waals surface area contributed by atoms with Crippen LogP contribution in [0.3, 0.4) is 0 Å². The van der Waals surface area contributed by atoms with Crippen molar-refractivity contribution < 1.29 is 14.3 Å². The number of nitrogens with zero attached hydrogens (tertiary/aromatic N) is 1.